The summed E-state index contributed by atoms with van der Waals surface area (Å²) < 4.78 is 1.80. The van der Waals surface area contributed by atoms with Crippen LogP contribution in [0.1, 0.15) is 21.6 Å². The smallest absolute Gasteiger partial charge is 0.289 e. The number of carbonyl (C=O) groups excluding carboxylic acids is 3. The molecule has 1 aromatic carbocycles. The van der Waals surface area contributed by atoms with E-state index >= 15 is 0 Å². The van der Waals surface area contributed by atoms with Crippen LogP contribution in [0, 0.1) is 6.92 Å². The van der Waals surface area contributed by atoms with E-state index in [2.05, 4.69) is 10.3 Å². The van der Waals surface area contributed by atoms with Crippen molar-refractivity contribution in [2.24, 2.45) is 0 Å². The van der Waals surface area contributed by atoms with Gasteiger partial charge in [-0.1, -0.05) is 23.9 Å². The summed E-state index contributed by atoms with van der Waals surface area (Å²) >= 11 is 1.02. The number of hydrogen-bond donors (Lipinski definition) is 1. The number of anilines is 1. The highest BCUT2D eigenvalue weighted by atomic mass is 32.2. The zero-order chi connectivity index (χ0) is 19.0. The number of aromatic nitrogens is 2. The van der Waals surface area contributed by atoms with E-state index in [0.29, 0.717) is 17.0 Å². The van der Waals surface area contributed by atoms with Crippen molar-refractivity contribution in [1.82, 2.24) is 14.3 Å². The zero-order valence-corrected chi connectivity index (χ0v) is 15.3. The molecular formula is C19H16N4O3S. The lowest BCUT2D eigenvalue weighted by molar-refractivity contribution is -0.125. The molecule has 7 nitrogen and oxygen atoms in total. The fourth-order valence-electron chi connectivity index (χ4n) is 2.80. The normalized spacial score (nSPS) is 14.2. The Morgan fingerprint density at radius 1 is 1.22 bits per heavy atom. The number of nitrogens with zero attached hydrogens (tertiary/aromatic N) is 3. The maximum Gasteiger partial charge on any atom is 0.289 e. The SMILES string of the molecule is Cc1ccn2cc(C(=O)Nc3ccc(CN4C(=O)CSC4=O)cc3)nc2c1. The number of imidazole rings is 1. The van der Waals surface area contributed by atoms with Gasteiger partial charge in [0.25, 0.3) is 11.1 Å². The number of fused-ring (bicyclic) bond motifs is 1. The van der Waals surface area contributed by atoms with Crippen LogP contribution in [0.5, 0.6) is 0 Å². The van der Waals surface area contributed by atoms with Crippen LogP contribution in [-0.2, 0) is 11.3 Å². The molecule has 8 heteroatoms. The molecule has 2 aromatic heterocycles. The summed E-state index contributed by atoms with van der Waals surface area (Å²) in [4.78, 5) is 41.3. The first-order chi connectivity index (χ1) is 13.0. The molecule has 0 spiro atoms. The molecule has 0 bridgehead atoms. The standard InChI is InChI=1S/C19H16N4O3S/c1-12-6-7-22-10-15(21-16(22)8-12)18(25)20-14-4-2-13(3-5-14)9-23-17(24)11-27-19(23)26/h2-8,10H,9,11H2,1H3,(H,20,25). The summed E-state index contributed by atoms with van der Waals surface area (Å²) in [6, 6.07) is 10.9. The summed E-state index contributed by atoms with van der Waals surface area (Å²) in [7, 11) is 0. The average Bonchev–Trinajstić information content (AvgIpc) is 3.21. The van der Waals surface area contributed by atoms with Gasteiger partial charge < -0.3 is 9.72 Å². The molecule has 0 saturated carbocycles. The van der Waals surface area contributed by atoms with E-state index in [1.165, 1.54) is 4.90 Å². The number of hydrogen-bond acceptors (Lipinski definition) is 5. The minimum absolute atomic E-state index is 0.176. The van der Waals surface area contributed by atoms with Gasteiger partial charge in [0.15, 0.2) is 0 Å². The molecule has 136 valence electrons. The van der Waals surface area contributed by atoms with Gasteiger partial charge in [-0.3, -0.25) is 19.3 Å². The predicted molar refractivity (Wildman–Crippen MR) is 103 cm³/mol. The Hall–Kier alpha value is -3.13. The first-order valence-electron chi connectivity index (χ1n) is 8.32. The third kappa shape index (κ3) is 3.56. The van der Waals surface area contributed by atoms with Gasteiger partial charge in [0, 0.05) is 18.1 Å². The van der Waals surface area contributed by atoms with Crippen molar-refractivity contribution in [1.29, 1.82) is 0 Å². The van der Waals surface area contributed by atoms with Crippen LogP contribution in [-0.4, -0.2) is 37.1 Å². The number of imide groups is 1. The minimum Gasteiger partial charge on any atom is -0.321 e. The molecule has 3 aromatic rings. The van der Waals surface area contributed by atoms with E-state index in [-0.39, 0.29) is 29.4 Å². The summed E-state index contributed by atoms with van der Waals surface area (Å²) in [6.45, 7) is 2.21. The number of rotatable bonds is 4. The molecule has 1 fully saturated rings. The Kier molecular flexibility index (Phi) is 4.41. The molecule has 4 rings (SSSR count). The monoisotopic (exact) mass is 380 g/mol. The maximum absolute atomic E-state index is 12.4. The first-order valence-corrected chi connectivity index (χ1v) is 9.31. The summed E-state index contributed by atoms with van der Waals surface area (Å²) in [5, 5.41) is 2.58. The minimum atomic E-state index is -0.301. The highest BCUT2D eigenvalue weighted by Gasteiger charge is 2.29. The van der Waals surface area contributed by atoms with Gasteiger partial charge in [-0.15, -0.1) is 0 Å². The van der Waals surface area contributed by atoms with Crippen LogP contribution in [0.15, 0.2) is 48.8 Å². The third-order valence-electron chi connectivity index (χ3n) is 4.24. The largest absolute Gasteiger partial charge is 0.321 e. The van der Waals surface area contributed by atoms with E-state index in [4.69, 9.17) is 0 Å². The second-order valence-electron chi connectivity index (χ2n) is 6.28. The number of amides is 3. The number of carbonyl (C=O) groups is 3. The molecule has 1 saturated heterocycles. The molecule has 0 radical (unpaired) electrons. The van der Waals surface area contributed by atoms with Gasteiger partial charge >= 0.3 is 0 Å². The van der Waals surface area contributed by atoms with Gasteiger partial charge in [0.1, 0.15) is 11.3 Å². The maximum atomic E-state index is 12.4. The molecule has 27 heavy (non-hydrogen) atoms. The Balaban J connectivity index is 1.45. The number of aryl methyl sites for hydroxylation is 1. The Morgan fingerprint density at radius 3 is 2.70 bits per heavy atom. The van der Waals surface area contributed by atoms with Gasteiger partial charge in [-0.25, -0.2) is 4.98 Å². The summed E-state index contributed by atoms with van der Waals surface area (Å²) in [5.41, 5.74) is 3.55. The van der Waals surface area contributed by atoms with Crippen molar-refractivity contribution < 1.29 is 14.4 Å². The summed E-state index contributed by atoms with van der Waals surface area (Å²) in [6.07, 6.45) is 3.54. The first kappa shape index (κ1) is 17.3. The van der Waals surface area contributed by atoms with Crippen molar-refractivity contribution in [3.63, 3.8) is 0 Å². The summed E-state index contributed by atoms with van der Waals surface area (Å²) in [5.74, 6) is -0.277. The number of pyridine rings is 1. The predicted octanol–water partition coefficient (Wildman–Crippen LogP) is 3.09. The third-order valence-corrected chi connectivity index (χ3v) is 5.10. The Morgan fingerprint density at radius 2 is 2.00 bits per heavy atom. The molecule has 1 N–H and O–H groups in total. The fourth-order valence-corrected chi connectivity index (χ4v) is 3.52. The van der Waals surface area contributed by atoms with Crippen LogP contribution in [0.4, 0.5) is 10.5 Å². The van der Waals surface area contributed by atoms with Gasteiger partial charge in [0.05, 0.1) is 12.3 Å². The fraction of sp³-hybridized carbons (Fsp3) is 0.158. The van der Waals surface area contributed by atoms with Crippen LogP contribution >= 0.6 is 11.8 Å². The van der Waals surface area contributed by atoms with Crippen LogP contribution in [0.25, 0.3) is 5.65 Å². The highest BCUT2D eigenvalue weighted by molar-refractivity contribution is 8.14. The van der Waals surface area contributed by atoms with Crippen molar-refractivity contribution in [3.8, 4) is 0 Å². The van der Waals surface area contributed by atoms with Crippen LogP contribution < -0.4 is 5.32 Å². The van der Waals surface area contributed by atoms with Crippen molar-refractivity contribution >= 4 is 40.2 Å². The van der Waals surface area contributed by atoms with Crippen molar-refractivity contribution in [2.75, 3.05) is 11.1 Å². The van der Waals surface area contributed by atoms with Crippen molar-refractivity contribution in [3.05, 3.63) is 65.6 Å². The van der Waals surface area contributed by atoms with E-state index in [1.807, 2.05) is 25.3 Å². The van der Waals surface area contributed by atoms with Gasteiger partial charge in [0.2, 0.25) is 5.91 Å². The molecule has 1 aliphatic rings. The van der Waals surface area contributed by atoms with Gasteiger partial charge in [-0.05, 0) is 42.3 Å². The molecule has 0 atom stereocenters. The van der Waals surface area contributed by atoms with E-state index in [0.717, 1.165) is 22.9 Å². The lowest BCUT2D eigenvalue weighted by Gasteiger charge is -2.13. The van der Waals surface area contributed by atoms with E-state index in [1.54, 1.807) is 34.9 Å². The molecule has 0 aliphatic carbocycles. The Labute approximate surface area is 159 Å². The number of nitrogens with one attached hydrogen (secondary N) is 1. The highest BCUT2D eigenvalue weighted by Crippen LogP contribution is 2.22. The number of thioether (sulfide) groups is 1. The lowest BCUT2D eigenvalue weighted by atomic mass is 10.2. The molecule has 1 aliphatic heterocycles. The van der Waals surface area contributed by atoms with Crippen LogP contribution in [0.2, 0.25) is 0 Å². The number of benzene rings is 1. The average molecular weight is 380 g/mol. The quantitative estimate of drug-likeness (QED) is 0.752. The van der Waals surface area contributed by atoms with E-state index < -0.39 is 0 Å². The topological polar surface area (TPSA) is 83.8 Å². The molecule has 3 amide bonds. The molecule has 3 heterocycles. The molecular weight excluding hydrogens is 364 g/mol. The zero-order valence-electron chi connectivity index (χ0n) is 14.5. The second-order valence-corrected chi connectivity index (χ2v) is 7.21. The van der Waals surface area contributed by atoms with Crippen molar-refractivity contribution in [2.45, 2.75) is 13.5 Å². The van der Waals surface area contributed by atoms with Crippen LogP contribution in [0.3, 0.4) is 0 Å². The van der Waals surface area contributed by atoms with E-state index in [9.17, 15) is 14.4 Å². The Bertz CT molecular complexity index is 1040. The lowest BCUT2D eigenvalue weighted by Crippen LogP contribution is -2.27. The molecule has 0 unspecified atom stereocenters. The van der Waals surface area contributed by atoms with Gasteiger partial charge in [-0.2, -0.15) is 0 Å². The second kappa shape index (κ2) is 6.88.